The maximum atomic E-state index is 11.9. The number of carbonyl (C=O) groups excluding carboxylic acids is 1. The van der Waals surface area contributed by atoms with Gasteiger partial charge >= 0.3 is 5.97 Å². The summed E-state index contributed by atoms with van der Waals surface area (Å²) in [5.41, 5.74) is 0. The summed E-state index contributed by atoms with van der Waals surface area (Å²) >= 11 is 0. The van der Waals surface area contributed by atoms with Gasteiger partial charge < -0.3 is 4.74 Å². The summed E-state index contributed by atoms with van der Waals surface area (Å²) in [5.74, 6) is -0.0573. The molecule has 0 unspecified atom stereocenters. The van der Waals surface area contributed by atoms with Gasteiger partial charge in [0, 0.05) is 6.42 Å². The van der Waals surface area contributed by atoms with Crippen LogP contribution in [0.2, 0.25) is 0 Å². The van der Waals surface area contributed by atoms with Gasteiger partial charge in [0.15, 0.2) is 0 Å². The highest BCUT2D eigenvalue weighted by molar-refractivity contribution is 5.69. The molecule has 0 spiro atoms. The maximum Gasteiger partial charge on any atom is 0.310 e. The molecule has 0 saturated heterocycles. The molecule has 0 aliphatic rings. The van der Waals surface area contributed by atoms with Crippen LogP contribution in [0.15, 0.2) is 12.3 Å². The highest BCUT2D eigenvalue weighted by Gasteiger charge is 2.01. The van der Waals surface area contributed by atoms with Crippen LogP contribution in [0.4, 0.5) is 0 Å². The number of carbonyl (C=O) groups is 1. The molecule has 0 aromatic rings. The quantitative estimate of drug-likeness (QED) is 0.0443. The molecule has 40 heavy (non-hydrogen) atoms. The number of allylic oxidation sites excluding steroid dienone is 1. The second kappa shape index (κ2) is 36.2. The Morgan fingerprint density at radius 1 is 0.400 bits per heavy atom. The molecule has 2 heteroatoms. The predicted octanol–water partition coefficient (Wildman–Crippen LogP) is 14.0. The predicted molar refractivity (Wildman–Crippen MR) is 179 cm³/mol. The highest BCUT2D eigenvalue weighted by Crippen LogP contribution is 2.15. The Labute approximate surface area is 253 Å². The van der Waals surface area contributed by atoms with Crippen LogP contribution in [0.1, 0.15) is 226 Å². The van der Waals surface area contributed by atoms with E-state index in [-0.39, 0.29) is 5.97 Å². The van der Waals surface area contributed by atoms with Gasteiger partial charge in [-0.2, -0.15) is 0 Å². The van der Waals surface area contributed by atoms with Crippen molar-refractivity contribution in [1.82, 2.24) is 0 Å². The first-order valence-electron chi connectivity index (χ1n) is 18.7. The fourth-order valence-electron chi connectivity index (χ4n) is 5.70. The zero-order valence-corrected chi connectivity index (χ0v) is 27.8. The number of esters is 1. The van der Waals surface area contributed by atoms with Crippen LogP contribution in [0.25, 0.3) is 0 Å². The summed E-state index contributed by atoms with van der Waals surface area (Å²) < 4.78 is 5.27. The second-order valence-corrected chi connectivity index (χ2v) is 12.7. The summed E-state index contributed by atoms with van der Waals surface area (Å²) in [6, 6.07) is 0. The lowest BCUT2D eigenvalue weighted by Gasteiger charge is -2.04. The van der Waals surface area contributed by atoms with E-state index in [1.54, 1.807) is 6.26 Å². The van der Waals surface area contributed by atoms with Crippen molar-refractivity contribution in [3.63, 3.8) is 0 Å². The zero-order valence-electron chi connectivity index (χ0n) is 27.8. The number of hydrogen-bond donors (Lipinski definition) is 0. The van der Waals surface area contributed by atoms with Gasteiger partial charge in [-0.05, 0) is 25.3 Å². The van der Waals surface area contributed by atoms with Crippen molar-refractivity contribution < 1.29 is 9.53 Å². The van der Waals surface area contributed by atoms with Crippen molar-refractivity contribution in [3.05, 3.63) is 12.3 Å². The van der Waals surface area contributed by atoms with Gasteiger partial charge in [0.05, 0.1) is 6.26 Å². The van der Waals surface area contributed by atoms with Crippen LogP contribution in [-0.2, 0) is 9.53 Å². The molecule has 0 rings (SSSR count). The summed E-state index contributed by atoms with van der Waals surface area (Å²) in [4.78, 5) is 11.9. The van der Waals surface area contributed by atoms with Crippen molar-refractivity contribution in [3.8, 4) is 0 Å². The normalized spacial score (nSPS) is 11.6. The molecule has 0 aromatic heterocycles. The standard InChI is InChI=1S/C38H74O2/c1-3-5-7-9-11-13-15-17-19-21-22-24-26-28-30-32-34-36-38(39)40-37-35-33-31-29-27-25-23-20-18-16-14-12-10-8-6-4-2/h35,37H,3-34,36H2,1-2H3. The van der Waals surface area contributed by atoms with Crippen molar-refractivity contribution in [2.45, 2.75) is 226 Å². The fourth-order valence-corrected chi connectivity index (χ4v) is 5.70. The fraction of sp³-hybridized carbons (Fsp3) is 0.921. The number of rotatable bonds is 34. The Kier molecular flexibility index (Phi) is 35.5. The van der Waals surface area contributed by atoms with Gasteiger partial charge in [0.25, 0.3) is 0 Å². The second-order valence-electron chi connectivity index (χ2n) is 12.7. The van der Waals surface area contributed by atoms with Crippen molar-refractivity contribution in [2.24, 2.45) is 0 Å². The first-order chi connectivity index (χ1) is 19.8. The van der Waals surface area contributed by atoms with Crippen LogP contribution < -0.4 is 0 Å². The lowest BCUT2D eigenvalue weighted by Crippen LogP contribution is -1.98. The van der Waals surface area contributed by atoms with E-state index in [9.17, 15) is 4.79 Å². The Hall–Kier alpha value is -0.790. The molecule has 0 amide bonds. The number of unbranched alkanes of at least 4 members (excludes halogenated alkanes) is 30. The minimum absolute atomic E-state index is 0.0573. The summed E-state index contributed by atoms with van der Waals surface area (Å²) in [5, 5.41) is 0. The van der Waals surface area contributed by atoms with Crippen molar-refractivity contribution in [1.29, 1.82) is 0 Å². The first-order valence-corrected chi connectivity index (χ1v) is 18.7. The molecule has 0 radical (unpaired) electrons. The Bertz CT molecular complexity index is 498. The van der Waals surface area contributed by atoms with Crippen molar-refractivity contribution >= 4 is 5.97 Å². The van der Waals surface area contributed by atoms with Gasteiger partial charge in [-0.1, -0.05) is 200 Å². The highest BCUT2D eigenvalue weighted by atomic mass is 16.5. The third kappa shape index (κ3) is 35.2. The maximum absolute atomic E-state index is 11.9. The van der Waals surface area contributed by atoms with Gasteiger partial charge in [-0.15, -0.1) is 0 Å². The number of ether oxygens (including phenoxy) is 1. The molecule has 0 fully saturated rings. The SMILES string of the molecule is CCCCCCCCCCCCCCCCC=COC(=O)CCCCCCCCCCCCCCCCCCC. The van der Waals surface area contributed by atoms with Crippen molar-refractivity contribution in [2.75, 3.05) is 0 Å². The topological polar surface area (TPSA) is 26.3 Å². The molecule has 0 atom stereocenters. The van der Waals surface area contributed by atoms with Gasteiger partial charge in [-0.25, -0.2) is 0 Å². The van der Waals surface area contributed by atoms with Crippen LogP contribution in [0.5, 0.6) is 0 Å². The van der Waals surface area contributed by atoms with E-state index in [4.69, 9.17) is 4.74 Å². The average Bonchev–Trinajstić information content (AvgIpc) is 2.96. The van der Waals surface area contributed by atoms with E-state index in [1.807, 2.05) is 6.08 Å². The number of hydrogen-bond acceptors (Lipinski definition) is 2. The van der Waals surface area contributed by atoms with E-state index in [1.165, 1.54) is 186 Å². The zero-order chi connectivity index (χ0) is 29.0. The molecule has 0 aliphatic carbocycles. The smallest absolute Gasteiger partial charge is 0.310 e. The van der Waals surface area contributed by atoms with E-state index < -0.39 is 0 Å². The molecule has 0 saturated carbocycles. The molecule has 0 aliphatic heterocycles. The summed E-state index contributed by atoms with van der Waals surface area (Å²) in [6.07, 6.45) is 48.0. The monoisotopic (exact) mass is 563 g/mol. The van der Waals surface area contributed by atoms with E-state index >= 15 is 0 Å². The third-order valence-electron chi connectivity index (χ3n) is 8.50. The van der Waals surface area contributed by atoms with Gasteiger partial charge in [0.1, 0.15) is 0 Å². The minimum Gasteiger partial charge on any atom is -0.435 e. The van der Waals surface area contributed by atoms with Crippen LogP contribution >= 0.6 is 0 Å². The summed E-state index contributed by atoms with van der Waals surface area (Å²) in [6.45, 7) is 4.58. The molecule has 0 N–H and O–H groups in total. The molecule has 0 bridgehead atoms. The Morgan fingerprint density at radius 3 is 1.00 bits per heavy atom. The van der Waals surface area contributed by atoms with E-state index in [0.29, 0.717) is 6.42 Å². The van der Waals surface area contributed by atoms with Gasteiger partial charge in [-0.3, -0.25) is 4.79 Å². The average molecular weight is 563 g/mol. The largest absolute Gasteiger partial charge is 0.435 e. The molecule has 2 nitrogen and oxygen atoms in total. The van der Waals surface area contributed by atoms with E-state index in [0.717, 1.165) is 19.3 Å². The lowest BCUT2D eigenvalue weighted by molar-refractivity contribution is -0.138. The molecular weight excluding hydrogens is 488 g/mol. The summed E-state index contributed by atoms with van der Waals surface area (Å²) in [7, 11) is 0. The van der Waals surface area contributed by atoms with Crippen LogP contribution in [-0.4, -0.2) is 5.97 Å². The molecule has 238 valence electrons. The molecule has 0 aromatic carbocycles. The Morgan fingerprint density at radius 2 is 0.675 bits per heavy atom. The lowest BCUT2D eigenvalue weighted by atomic mass is 10.0. The minimum atomic E-state index is -0.0573. The van der Waals surface area contributed by atoms with Crippen LogP contribution in [0, 0.1) is 0 Å². The van der Waals surface area contributed by atoms with Crippen LogP contribution in [0.3, 0.4) is 0 Å². The van der Waals surface area contributed by atoms with Gasteiger partial charge in [0.2, 0.25) is 0 Å². The molecular formula is C38H74O2. The Balaban J connectivity index is 3.20. The van der Waals surface area contributed by atoms with E-state index in [2.05, 4.69) is 13.8 Å². The third-order valence-corrected chi connectivity index (χ3v) is 8.50. The first kappa shape index (κ1) is 39.2. The molecule has 0 heterocycles.